The van der Waals surface area contributed by atoms with Gasteiger partial charge in [-0.25, -0.2) is 14.2 Å². The Morgan fingerprint density at radius 3 is 2.68 bits per heavy atom. The van der Waals surface area contributed by atoms with Gasteiger partial charge in [0.1, 0.15) is 17.2 Å². The highest BCUT2D eigenvalue weighted by atomic mass is 35.5. The van der Waals surface area contributed by atoms with Gasteiger partial charge in [-0.2, -0.15) is 0 Å². The number of rotatable bonds is 2. The van der Waals surface area contributed by atoms with Gasteiger partial charge in [-0.05, 0) is 25.1 Å². The van der Waals surface area contributed by atoms with Crippen LogP contribution in [0, 0.1) is 12.7 Å². The first-order valence-corrected chi connectivity index (χ1v) is 5.57. The summed E-state index contributed by atoms with van der Waals surface area (Å²) in [6.45, 7) is 1.41. The van der Waals surface area contributed by atoms with Gasteiger partial charge in [-0.1, -0.05) is 11.6 Å². The molecule has 98 valence electrons. The van der Waals surface area contributed by atoms with Gasteiger partial charge in [0, 0.05) is 5.56 Å². The van der Waals surface area contributed by atoms with E-state index in [2.05, 4.69) is 9.97 Å². The van der Waals surface area contributed by atoms with Gasteiger partial charge in [0.05, 0.1) is 10.7 Å². The zero-order chi connectivity index (χ0) is 14.2. The SMILES string of the molecule is Cc1nc(-c2ccc(F)c(Cl)c2)[nH]c(=O)c1C(=O)O. The van der Waals surface area contributed by atoms with Crippen LogP contribution in [-0.4, -0.2) is 21.0 Å². The lowest BCUT2D eigenvalue weighted by Crippen LogP contribution is -2.21. The molecule has 0 radical (unpaired) electrons. The molecule has 0 aliphatic heterocycles. The van der Waals surface area contributed by atoms with E-state index in [0.29, 0.717) is 5.56 Å². The van der Waals surface area contributed by atoms with Crippen LogP contribution < -0.4 is 5.56 Å². The largest absolute Gasteiger partial charge is 0.477 e. The maximum Gasteiger partial charge on any atom is 0.343 e. The van der Waals surface area contributed by atoms with Crippen molar-refractivity contribution < 1.29 is 14.3 Å². The average molecular weight is 283 g/mol. The number of nitrogens with one attached hydrogen (secondary N) is 1. The molecular weight excluding hydrogens is 275 g/mol. The molecule has 2 N–H and O–H groups in total. The van der Waals surface area contributed by atoms with Crippen LogP contribution in [0.4, 0.5) is 4.39 Å². The lowest BCUT2D eigenvalue weighted by molar-refractivity contribution is 0.0693. The van der Waals surface area contributed by atoms with Crippen molar-refractivity contribution in [1.82, 2.24) is 9.97 Å². The fourth-order valence-electron chi connectivity index (χ4n) is 1.62. The van der Waals surface area contributed by atoms with Gasteiger partial charge in [-0.3, -0.25) is 4.79 Å². The fraction of sp³-hybridized carbons (Fsp3) is 0.0833. The molecule has 0 fully saturated rings. The summed E-state index contributed by atoms with van der Waals surface area (Å²) in [6, 6.07) is 3.83. The summed E-state index contributed by atoms with van der Waals surface area (Å²) >= 11 is 5.64. The van der Waals surface area contributed by atoms with Crippen molar-refractivity contribution in [3.8, 4) is 11.4 Å². The first kappa shape index (κ1) is 13.2. The number of aromatic nitrogens is 2. The number of aromatic amines is 1. The third-order valence-electron chi connectivity index (χ3n) is 2.51. The number of H-pyrrole nitrogens is 1. The molecule has 0 aliphatic rings. The van der Waals surface area contributed by atoms with Gasteiger partial charge in [0.2, 0.25) is 0 Å². The maximum absolute atomic E-state index is 13.0. The summed E-state index contributed by atoms with van der Waals surface area (Å²) < 4.78 is 13.0. The molecule has 1 aromatic carbocycles. The number of halogens is 2. The van der Waals surface area contributed by atoms with E-state index in [0.717, 1.165) is 6.07 Å². The molecule has 0 saturated carbocycles. The monoisotopic (exact) mass is 282 g/mol. The number of carbonyl (C=O) groups is 1. The normalized spacial score (nSPS) is 10.5. The number of hydrogen-bond acceptors (Lipinski definition) is 3. The Bertz CT molecular complexity index is 727. The van der Waals surface area contributed by atoms with E-state index in [1.165, 1.54) is 19.1 Å². The third-order valence-corrected chi connectivity index (χ3v) is 2.80. The standard InChI is InChI=1S/C12H8ClFN2O3/c1-5-9(12(18)19)11(17)16-10(15-5)6-2-3-8(14)7(13)4-6/h2-4H,1H3,(H,18,19)(H,15,16,17). The number of aromatic carboxylic acids is 1. The second kappa shape index (κ2) is 4.81. The zero-order valence-corrected chi connectivity index (χ0v) is 10.5. The van der Waals surface area contributed by atoms with Crippen molar-refractivity contribution in [3.05, 3.63) is 50.7 Å². The lowest BCUT2D eigenvalue weighted by Gasteiger charge is -2.05. The molecule has 0 atom stereocenters. The molecular formula is C12H8ClFN2O3. The lowest BCUT2D eigenvalue weighted by atomic mass is 10.2. The number of benzene rings is 1. The Morgan fingerprint density at radius 2 is 2.16 bits per heavy atom. The van der Waals surface area contributed by atoms with E-state index in [1.54, 1.807) is 0 Å². The van der Waals surface area contributed by atoms with Crippen LogP contribution in [0.15, 0.2) is 23.0 Å². The van der Waals surface area contributed by atoms with Crippen LogP contribution in [0.1, 0.15) is 16.1 Å². The molecule has 0 unspecified atom stereocenters. The minimum atomic E-state index is -1.35. The van der Waals surface area contributed by atoms with Crippen LogP contribution in [-0.2, 0) is 0 Å². The second-order valence-electron chi connectivity index (χ2n) is 3.81. The van der Waals surface area contributed by atoms with Gasteiger partial charge < -0.3 is 10.1 Å². The molecule has 5 nitrogen and oxygen atoms in total. The Morgan fingerprint density at radius 1 is 1.47 bits per heavy atom. The summed E-state index contributed by atoms with van der Waals surface area (Å²) in [6.07, 6.45) is 0. The predicted molar refractivity (Wildman–Crippen MR) is 67.0 cm³/mol. The number of aryl methyl sites for hydroxylation is 1. The Hall–Kier alpha value is -2.21. The smallest absolute Gasteiger partial charge is 0.343 e. The summed E-state index contributed by atoms with van der Waals surface area (Å²) in [7, 11) is 0. The van der Waals surface area contributed by atoms with E-state index in [1.807, 2.05) is 0 Å². The van der Waals surface area contributed by atoms with Crippen LogP contribution in [0.2, 0.25) is 5.02 Å². The molecule has 0 aliphatic carbocycles. The summed E-state index contributed by atoms with van der Waals surface area (Å²) in [5.74, 6) is -1.81. The minimum Gasteiger partial charge on any atom is -0.477 e. The predicted octanol–water partition coefficient (Wildman–Crippen LogP) is 2.24. The molecule has 1 heterocycles. The number of carboxylic acids is 1. The zero-order valence-electron chi connectivity index (χ0n) is 9.70. The molecule has 19 heavy (non-hydrogen) atoms. The topological polar surface area (TPSA) is 83.0 Å². The highest BCUT2D eigenvalue weighted by Gasteiger charge is 2.16. The summed E-state index contributed by atoms with van der Waals surface area (Å²) in [5, 5.41) is 8.75. The first-order valence-electron chi connectivity index (χ1n) is 5.20. The van der Waals surface area contributed by atoms with Crippen LogP contribution >= 0.6 is 11.6 Å². The Labute approximate surface area is 111 Å². The van der Waals surface area contributed by atoms with Crippen molar-refractivity contribution >= 4 is 17.6 Å². The number of nitrogens with zero attached hydrogens (tertiary/aromatic N) is 1. The molecule has 2 aromatic rings. The van der Waals surface area contributed by atoms with Crippen LogP contribution in [0.25, 0.3) is 11.4 Å². The van der Waals surface area contributed by atoms with E-state index in [-0.39, 0.29) is 16.5 Å². The average Bonchev–Trinajstić information content (AvgIpc) is 2.31. The van der Waals surface area contributed by atoms with E-state index in [9.17, 15) is 14.0 Å². The molecule has 0 saturated heterocycles. The number of hydrogen-bond donors (Lipinski definition) is 2. The maximum atomic E-state index is 13.0. The van der Waals surface area contributed by atoms with E-state index in [4.69, 9.17) is 16.7 Å². The van der Waals surface area contributed by atoms with Crippen molar-refractivity contribution in [2.45, 2.75) is 6.92 Å². The summed E-state index contributed by atoms with van der Waals surface area (Å²) in [4.78, 5) is 28.8. The molecule has 0 spiro atoms. The van der Waals surface area contributed by atoms with Crippen LogP contribution in [0.5, 0.6) is 0 Å². The third kappa shape index (κ3) is 2.48. The van der Waals surface area contributed by atoms with Gasteiger partial charge in [0.25, 0.3) is 5.56 Å². The second-order valence-corrected chi connectivity index (χ2v) is 4.22. The number of carboxylic acid groups (broad SMARTS) is 1. The van der Waals surface area contributed by atoms with Gasteiger partial charge in [-0.15, -0.1) is 0 Å². The quantitative estimate of drug-likeness (QED) is 0.885. The Balaban J connectivity index is 2.61. The van der Waals surface area contributed by atoms with Crippen LogP contribution in [0.3, 0.4) is 0 Å². The van der Waals surface area contributed by atoms with Crippen molar-refractivity contribution in [2.75, 3.05) is 0 Å². The fourth-order valence-corrected chi connectivity index (χ4v) is 1.80. The highest BCUT2D eigenvalue weighted by Crippen LogP contribution is 2.22. The van der Waals surface area contributed by atoms with Gasteiger partial charge >= 0.3 is 5.97 Å². The molecule has 1 aromatic heterocycles. The molecule has 7 heteroatoms. The summed E-state index contributed by atoms with van der Waals surface area (Å²) in [5.41, 5.74) is -0.720. The van der Waals surface area contributed by atoms with E-state index >= 15 is 0 Å². The highest BCUT2D eigenvalue weighted by molar-refractivity contribution is 6.31. The molecule has 2 rings (SSSR count). The Kier molecular flexibility index (Phi) is 3.35. The molecule has 0 bridgehead atoms. The van der Waals surface area contributed by atoms with E-state index < -0.39 is 22.9 Å². The molecule has 0 amide bonds. The van der Waals surface area contributed by atoms with Crippen molar-refractivity contribution in [2.24, 2.45) is 0 Å². The minimum absolute atomic E-state index is 0.0756. The van der Waals surface area contributed by atoms with Crippen molar-refractivity contribution in [1.29, 1.82) is 0 Å². The van der Waals surface area contributed by atoms with Crippen molar-refractivity contribution in [3.63, 3.8) is 0 Å². The first-order chi connectivity index (χ1) is 8.90. The van der Waals surface area contributed by atoms with Gasteiger partial charge in [0.15, 0.2) is 0 Å².